The van der Waals surface area contributed by atoms with Crippen LogP contribution in [0.5, 0.6) is 0 Å². The molecule has 0 spiro atoms. The van der Waals surface area contributed by atoms with E-state index in [-0.39, 0.29) is 23.3 Å². The third kappa shape index (κ3) is 3.28. The van der Waals surface area contributed by atoms with Crippen molar-refractivity contribution in [2.75, 3.05) is 18.1 Å². The molecule has 4 nitrogen and oxygen atoms in total. The second-order valence-electron chi connectivity index (χ2n) is 6.13. The Morgan fingerprint density at radius 3 is 2.81 bits per heavy atom. The highest BCUT2D eigenvalue weighted by Gasteiger charge is 2.33. The number of amides is 1. The second kappa shape index (κ2) is 5.79. The van der Waals surface area contributed by atoms with Crippen LogP contribution in [0, 0.1) is 5.92 Å². The van der Waals surface area contributed by atoms with E-state index in [1.54, 1.807) is 0 Å². The molecule has 21 heavy (non-hydrogen) atoms. The summed E-state index contributed by atoms with van der Waals surface area (Å²) < 4.78 is 22.9. The van der Waals surface area contributed by atoms with Crippen molar-refractivity contribution in [1.29, 1.82) is 0 Å². The van der Waals surface area contributed by atoms with Crippen LogP contribution in [-0.2, 0) is 21.1 Å². The van der Waals surface area contributed by atoms with Crippen molar-refractivity contribution in [3.8, 4) is 0 Å². The Morgan fingerprint density at radius 2 is 2.05 bits per heavy atom. The fraction of sp³-hybridized carbons (Fsp3) is 0.562. The Balaban J connectivity index is 1.60. The summed E-state index contributed by atoms with van der Waals surface area (Å²) >= 11 is 0. The summed E-state index contributed by atoms with van der Waals surface area (Å²) in [5.74, 6) is 0.0714. The molecule has 5 heteroatoms. The predicted octanol–water partition coefficient (Wildman–Crippen LogP) is 1.66. The van der Waals surface area contributed by atoms with E-state index in [0.717, 1.165) is 19.3 Å². The third-order valence-electron chi connectivity index (χ3n) is 4.62. The normalized spacial score (nSPS) is 27.0. The number of carbonyl (C=O) groups excluding carboxylic acids is 1. The molecule has 3 rings (SSSR count). The second-order valence-corrected chi connectivity index (χ2v) is 8.36. The number of rotatable bonds is 3. The van der Waals surface area contributed by atoms with Crippen LogP contribution in [0.1, 0.15) is 36.3 Å². The van der Waals surface area contributed by atoms with Gasteiger partial charge in [-0.2, -0.15) is 0 Å². The van der Waals surface area contributed by atoms with E-state index < -0.39 is 9.84 Å². The zero-order valence-electron chi connectivity index (χ0n) is 12.0. The first-order valence-electron chi connectivity index (χ1n) is 7.61. The maximum atomic E-state index is 12.1. The molecule has 1 aliphatic carbocycles. The van der Waals surface area contributed by atoms with E-state index in [9.17, 15) is 13.2 Å². The first-order valence-corrected chi connectivity index (χ1v) is 9.43. The molecular weight excluding hydrogens is 286 g/mol. The van der Waals surface area contributed by atoms with Crippen molar-refractivity contribution in [3.63, 3.8) is 0 Å². The monoisotopic (exact) mass is 307 g/mol. The van der Waals surface area contributed by atoms with Crippen LogP contribution in [0.2, 0.25) is 0 Å². The van der Waals surface area contributed by atoms with Gasteiger partial charge in [-0.3, -0.25) is 4.79 Å². The van der Waals surface area contributed by atoms with E-state index in [1.165, 1.54) is 11.1 Å². The number of sulfone groups is 1. The molecule has 0 bridgehead atoms. The number of carbonyl (C=O) groups is 1. The number of nitrogens with one attached hydrogen (secondary N) is 1. The zero-order valence-corrected chi connectivity index (χ0v) is 12.9. The fourth-order valence-electron chi connectivity index (χ4n) is 3.44. The maximum absolute atomic E-state index is 12.1. The minimum atomic E-state index is -2.99. The molecule has 1 aliphatic heterocycles. The molecule has 1 saturated heterocycles. The first-order chi connectivity index (χ1) is 10.1. The van der Waals surface area contributed by atoms with Gasteiger partial charge in [0.25, 0.3) is 0 Å². The molecule has 1 aromatic carbocycles. The molecule has 2 aliphatic rings. The quantitative estimate of drug-likeness (QED) is 0.923. The van der Waals surface area contributed by atoms with Gasteiger partial charge in [0.15, 0.2) is 9.84 Å². The van der Waals surface area contributed by atoms with Gasteiger partial charge in [0.1, 0.15) is 0 Å². The average Bonchev–Trinajstić information content (AvgIpc) is 2.85. The van der Waals surface area contributed by atoms with Crippen molar-refractivity contribution in [3.05, 3.63) is 35.4 Å². The van der Waals surface area contributed by atoms with Crippen molar-refractivity contribution < 1.29 is 13.2 Å². The van der Waals surface area contributed by atoms with Gasteiger partial charge in [0.2, 0.25) is 5.91 Å². The Bertz CT molecular complexity index is 639. The molecule has 1 heterocycles. The summed E-state index contributed by atoms with van der Waals surface area (Å²) in [4.78, 5) is 12.1. The Kier molecular flexibility index (Phi) is 4.02. The summed E-state index contributed by atoms with van der Waals surface area (Å²) in [5.41, 5.74) is 2.72. The van der Waals surface area contributed by atoms with Crippen LogP contribution in [0.15, 0.2) is 24.3 Å². The lowest BCUT2D eigenvalue weighted by molar-refractivity contribution is -0.124. The summed E-state index contributed by atoms with van der Waals surface area (Å²) in [5, 5.41) is 2.97. The van der Waals surface area contributed by atoms with Crippen molar-refractivity contribution in [2.45, 2.75) is 31.6 Å². The van der Waals surface area contributed by atoms with Crippen LogP contribution in [0.3, 0.4) is 0 Å². The number of benzene rings is 1. The van der Waals surface area contributed by atoms with Gasteiger partial charge < -0.3 is 5.32 Å². The largest absolute Gasteiger partial charge is 0.355 e. The van der Waals surface area contributed by atoms with Gasteiger partial charge in [0, 0.05) is 12.5 Å². The number of fused-ring (bicyclic) bond motifs is 1. The highest BCUT2D eigenvalue weighted by Crippen LogP contribution is 2.31. The molecule has 0 radical (unpaired) electrons. The number of aryl methyl sites for hydroxylation is 1. The lowest BCUT2D eigenvalue weighted by Gasteiger charge is -2.26. The molecule has 1 aromatic rings. The number of hydrogen-bond donors (Lipinski definition) is 1. The summed E-state index contributed by atoms with van der Waals surface area (Å²) in [6.45, 7) is 0.617. The topological polar surface area (TPSA) is 63.2 Å². The highest BCUT2D eigenvalue weighted by atomic mass is 32.2. The molecule has 2 atom stereocenters. The van der Waals surface area contributed by atoms with Crippen molar-refractivity contribution >= 4 is 15.7 Å². The van der Waals surface area contributed by atoms with Crippen LogP contribution < -0.4 is 5.32 Å². The van der Waals surface area contributed by atoms with Crippen molar-refractivity contribution in [2.24, 2.45) is 5.92 Å². The summed E-state index contributed by atoms with van der Waals surface area (Å²) in [6.07, 6.45) is 3.81. The molecular formula is C16H21NO3S. The smallest absolute Gasteiger partial charge is 0.224 e. The standard InChI is InChI=1S/C16H21NO3S/c18-16(14-8-9-21(19,20)11-14)17-10-13-6-3-5-12-4-1-2-7-15(12)13/h1-2,4,7,13-14H,3,5-6,8-11H2,(H,17,18)/t13-,14+/m1/s1. The predicted molar refractivity (Wildman–Crippen MR) is 81.9 cm³/mol. The van der Waals surface area contributed by atoms with Gasteiger partial charge >= 0.3 is 0 Å². The van der Waals surface area contributed by atoms with E-state index in [1.807, 2.05) is 6.07 Å². The van der Waals surface area contributed by atoms with Gasteiger partial charge in [0.05, 0.1) is 17.4 Å². The lowest BCUT2D eigenvalue weighted by atomic mass is 9.83. The third-order valence-corrected chi connectivity index (χ3v) is 6.39. The first kappa shape index (κ1) is 14.6. The molecule has 0 aromatic heterocycles. The van der Waals surface area contributed by atoms with Gasteiger partial charge in [-0.15, -0.1) is 0 Å². The molecule has 1 fully saturated rings. The van der Waals surface area contributed by atoms with Crippen LogP contribution >= 0.6 is 0 Å². The maximum Gasteiger partial charge on any atom is 0.224 e. The molecule has 1 amide bonds. The van der Waals surface area contributed by atoms with Crippen LogP contribution in [0.25, 0.3) is 0 Å². The zero-order chi connectivity index (χ0) is 14.9. The van der Waals surface area contributed by atoms with E-state index >= 15 is 0 Å². The average molecular weight is 307 g/mol. The molecule has 1 N–H and O–H groups in total. The van der Waals surface area contributed by atoms with Crippen LogP contribution in [-0.4, -0.2) is 32.4 Å². The Hall–Kier alpha value is -1.36. The highest BCUT2D eigenvalue weighted by molar-refractivity contribution is 7.91. The molecule has 0 unspecified atom stereocenters. The minimum Gasteiger partial charge on any atom is -0.355 e. The molecule has 114 valence electrons. The van der Waals surface area contributed by atoms with Gasteiger partial charge in [-0.05, 0) is 36.8 Å². The van der Waals surface area contributed by atoms with Gasteiger partial charge in [-0.1, -0.05) is 24.3 Å². The van der Waals surface area contributed by atoms with E-state index in [2.05, 4.69) is 23.5 Å². The van der Waals surface area contributed by atoms with E-state index in [0.29, 0.717) is 18.9 Å². The van der Waals surface area contributed by atoms with E-state index in [4.69, 9.17) is 0 Å². The molecule has 0 saturated carbocycles. The SMILES string of the molecule is O=C(NC[C@H]1CCCc2ccccc21)[C@H]1CCS(=O)(=O)C1. The van der Waals surface area contributed by atoms with Crippen LogP contribution in [0.4, 0.5) is 0 Å². The van der Waals surface area contributed by atoms with Gasteiger partial charge in [-0.25, -0.2) is 8.42 Å². The Morgan fingerprint density at radius 1 is 1.24 bits per heavy atom. The fourth-order valence-corrected chi connectivity index (χ4v) is 5.18. The Labute approximate surface area is 125 Å². The lowest BCUT2D eigenvalue weighted by Crippen LogP contribution is -2.35. The van der Waals surface area contributed by atoms with Crippen molar-refractivity contribution in [1.82, 2.24) is 5.32 Å². The summed E-state index contributed by atoms with van der Waals surface area (Å²) in [7, 11) is -2.99. The minimum absolute atomic E-state index is 0.0140. The number of hydrogen-bond acceptors (Lipinski definition) is 3. The summed E-state index contributed by atoms with van der Waals surface area (Å²) in [6, 6.07) is 8.41.